The second kappa shape index (κ2) is 9.72. The van der Waals surface area contributed by atoms with Gasteiger partial charge in [0.15, 0.2) is 0 Å². The smallest absolute Gasteiger partial charge is 0.318 e. The number of carbonyl (C=O) groups excluding carboxylic acids is 1. The number of aliphatic hydroxyl groups excluding tert-OH is 1. The molecule has 0 saturated heterocycles. The quantitative estimate of drug-likeness (QED) is 0.596. The third-order valence-corrected chi connectivity index (χ3v) is 6.42. The van der Waals surface area contributed by atoms with Crippen LogP contribution in [0, 0.1) is 5.82 Å². The number of hydrogen-bond donors (Lipinski definition) is 3. The first-order valence-electron chi connectivity index (χ1n) is 10.8. The Morgan fingerprint density at radius 3 is 2.79 bits per heavy atom. The zero-order valence-electron chi connectivity index (χ0n) is 17.8. The van der Waals surface area contributed by atoms with Crippen molar-refractivity contribution in [1.29, 1.82) is 0 Å². The van der Waals surface area contributed by atoms with Crippen molar-refractivity contribution in [2.75, 3.05) is 18.5 Å². The Balaban J connectivity index is 1.39. The molecule has 2 aliphatic rings. The van der Waals surface area contributed by atoms with Gasteiger partial charge in [-0.3, -0.25) is 0 Å². The summed E-state index contributed by atoms with van der Waals surface area (Å²) in [5.41, 5.74) is 1.99. The average molecular weight is 484 g/mol. The Morgan fingerprint density at radius 2 is 2.09 bits per heavy atom. The van der Waals surface area contributed by atoms with Crippen molar-refractivity contribution in [2.24, 2.45) is 0 Å². The number of benzene rings is 1. The zero-order chi connectivity index (χ0) is 23.6. The standard InChI is InChI=1S/C22H25ClF3N5O2/c23-16-2-1-13(9-17(16)24)19(12-32)30-21(33)31-8-5-14-10-27-20(29-18(14)11-31)28-15-3-6-22(25,26)7-4-15/h1-2,9-10,15,19,32H,3-8,11-12H2,(H,30,33)(H,27,28,29)/t19-/m1/s1. The molecule has 1 aromatic carbocycles. The highest BCUT2D eigenvalue weighted by Gasteiger charge is 2.35. The van der Waals surface area contributed by atoms with Crippen LogP contribution >= 0.6 is 11.6 Å². The van der Waals surface area contributed by atoms with Gasteiger partial charge in [0.2, 0.25) is 11.9 Å². The van der Waals surface area contributed by atoms with E-state index in [9.17, 15) is 23.1 Å². The summed E-state index contributed by atoms with van der Waals surface area (Å²) in [5.74, 6) is -2.88. The van der Waals surface area contributed by atoms with Crippen molar-refractivity contribution in [3.8, 4) is 0 Å². The normalized spacial score (nSPS) is 19.0. The van der Waals surface area contributed by atoms with Crippen molar-refractivity contribution in [3.05, 3.63) is 52.1 Å². The van der Waals surface area contributed by atoms with Crippen LogP contribution in [0.3, 0.4) is 0 Å². The second-order valence-electron chi connectivity index (χ2n) is 8.47. The van der Waals surface area contributed by atoms with Crippen molar-refractivity contribution < 1.29 is 23.1 Å². The van der Waals surface area contributed by atoms with Gasteiger partial charge in [0.05, 0.1) is 29.9 Å². The van der Waals surface area contributed by atoms with E-state index in [1.807, 2.05) is 0 Å². The van der Waals surface area contributed by atoms with Crippen LogP contribution in [0.25, 0.3) is 0 Å². The molecule has 3 N–H and O–H groups in total. The molecule has 178 valence electrons. The Bertz CT molecular complexity index is 1020. The molecule has 0 unspecified atom stereocenters. The second-order valence-corrected chi connectivity index (χ2v) is 8.88. The number of nitrogens with zero attached hydrogens (tertiary/aromatic N) is 3. The lowest BCUT2D eigenvalue weighted by Gasteiger charge is -2.31. The van der Waals surface area contributed by atoms with Gasteiger partial charge < -0.3 is 20.6 Å². The molecule has 0 spiro atoms. The first kappa shape index (κ1) is 23.6. The number of amides is 2. The van der Waals surface area contributed by atoms with E-state index in [-0.39, 0.29) is 30.5 Å². The van der Waals surface area contributed by atoms with Gasteiger partial charge in [-0.15, -0.1) is 0 Å². The van der Waals surface area contributed by atoms with Gasteiger partial charge >= 0.3 is 6.03 Å². The summed E-state index contributed by atoms with van der Waals surface area (Å²) in [5, 5.41) is 15.5. The maximum atomic E-state index is 13.8. The van der Waals surface area contributed by atoms with Gasteiger partial charge in [-0.1, -0.05) is 17.7 Å². The maximum absolute atomic E-state index is 13.8. The lowest BCUT2D eigenvalue weighted by Crippen LogP contribution is -2.45. The van der Waals surface area contributed by atoms with Crippen LogP contribution in [0.2, 0.25) is 5.02 Å². The zero-order valence-corrected chi connectivity index (χ0v) is 18.6. The van der Waals surface area contributed by atoms with E-state index in [1.54, 1.807) is 17.2 Å². The molecule has 11 heteroatoms. The SMILES string of the molecule is O=C(N[C@H](CO)c1ccc(Cl)c(F)c1)N1CCc2cnc(NC3CCC(F)(F)CC3)nc2C1. The largest absolute Gasteiger partial charge is 0.394 e. The van der Waals surface area contributed by atoms with Crippen LogP contribution in [0.1, 0.15) is 48.5 Å². The lowest BCUT2D eigenvalue weighted by molar-refractivity contribution is -0.0361. The van der Waals surface area contributed by atoms with E-state index in [0.29, 0.717) is 43.0 Å². The first-order chi connectivity index (χ1) is 15.7. The summed E-state index contributed by atoms with van der Waals surface area (Å²) in [6.45, 7) is 0.252. The summed E-state index contributed by atoms with van der Waals surface area (Å²) in [7, 11) is 0. The van der Waals surface area contributed by atoms with Gasteiger partial charge in [0.25, 0.3) is 0 Å². The Kier molecular flexibility index (Phi) is 6.94. The van der Waals surface area contributed by atoms with Crippen LogP contribution in [0.5, 0.6) is 0 Å². The van der Waals surface area contributed by atoms with Crippen LogP contribution < -0.4 is 10.6 Å². The number of anilines is 1. The first-order valence-corrected chi connectivity index (χ1v) is 11.2. The van der Waals surface area contributed by atoms with Crippen LogP contribution in [0.15, 0.2) is 24.4 Å². The summed E-state index contributed by atoms with van der Waals surface area (Å²) in [6, 6.07) is 2.77. The van der Waals surface area contributed by atoms with Crippen molar-refractivity contribution in [3.63, 3.8) is 0 Å². The van der Waals surface area contributed by atoms with Gasteiger partial charge in [0, 0.05) is 31.6 Å². The van der Waals surface area contributed by atoms with Gasteiger partial charge in [-0.05, 0) is 42.5 Å². The van der Waals surface area contributed by atoms with E-state index in [1.165, 1.54) is 12.1 Å². The molecular weight excluding hydrogens is 459 g/mol. The Morgan fingerprint density at radius 1 is 1.33 bits per heavy atom. The van der Waals surface area contributed by atoms with Gasteiger partial charge in [0.1, 0.15) is 5.82 Å². The van der Waals surface area contributed by atoms with Gasteiger partial charge in [-0.2, -0.15) is 0 Å². The molecule has 1 saturated carbocycles. The lowest BCUT2D eigenvalue weighted by atomic mass is 9.92. The van der Waals surface area contributed by atoms with E-state index < -0.39 is 30.4 Å². The summed E-state index contributed by atoms with van der Waals surface area (Å²) < 4.78 is 40.5. The number of urea groups is 1. The minimum Gasteiger partial charge on any atom is -0.394 e. The Hall–Kier alpha value is -2.59. The van der Waals surface area contributed by atoms with E-state index in [2.05, 4.69) is 20.6 Å². The third-order valence-electron chi connectivity index (χ3n) is 6.11. The number of rotatable bonds is 5. The molecule has 0 bridgehead atoms. The molecule has 33 heavy (non-hydrogen) atoms. The minimum absolute atomic E-state index is 0.0413. The molecule has 2 heterocycles. The van der Waals surface area contributed by atoms with Crippen LogP contribution in [-0.2, 0) is 13.0 Å². The number of carbonyl (C=O) groups is 1. The molecular formula is C22H25ClF3N5O2. The van der Waals surface area contributed by atoms with Crippen LogP contribution in [0.4, 0.5) is 23.9 Å². The number of fused-ring (bicyclic) bond motifs is 1. The summed E-state index contributed by atoms with van der Waals surface area (Å²) in [6.07, 6.45) is 2.62. The van der Waals surface area contributed by atoms with Crippen molar-refractivity contribution in [2.45, 2.75) is 56.7 Å². The van der Waals surface area contributed by atoms with Crippen LogP contribution in [-0.4, -0.2) is 51.1 Å². The predicted octanol–water partition coefficient (Wildman–Crippen LogP) is 4.06. The predicted molar refractivity (Wildman–Crippen MR) is 117 cm³/mol. The van der Waals surface area contributed by atoms with E-state index in [0.717, 1.165) is 5.56 Å². The highest BCUT2D eigenvalue weighted by molar-refractivity contribution is 6.30. The summed E-state index contributed by atoms with van der Waals surface area (Å²) in [4.78, 5) is 23.2. The molecule has 7 nitrogen and oxygen atoms in total. The minimum atomic E-state index is -2.60. The van der Waals surface area contributed by atoms with Crippen molar-refractivity contribution >= 4 is 23.6 Å². The number of halogens is 4. The topological polar surface area (TPSA) is 90.4 Å². The average Bonchev–Trinajstić information content (AvgIpc) is 2.80. The number of alkyl halides is 2. The maximum Gasteiger partial charge on any atom is 0.318 e. The van der Waals surface area contributed by atoms with Crippen molar-refractivity contribution in [1.82, 2.24) is 20.2 Å². The molecule has 1 fully saturated rings. The molecule has 1 aromatic heterocycles. The third kappa shape index (κ3) is 5.67. The molecule has 4 rings (SSSR count). The number of hydrogen-bond acceptors (Lipinski definition) is 5. The number of nitrogens with one attached hydrogen (secondary N) is 2. The molecule has 2 aromatic rings. The fraction of sp³-hybridized carbons (Fsp3) is 0.500. The fourth-order valence-corrected chi connectivity index (χ4v) is 4.23. The van der Waals surface area contributed by atoms with E-state index >= 15 is 0 Å². The molecule has 1 aliphatic heterocycles. The van der Waals surface area contributed by atoms with E-state index in [4.69, 9.17) is 11.6 Å². The summed E-state index contributed by atoms with van der Waals surface area (Å²) >= 11 is 5.71. The fourth-order valence-electron chi connectivity index (χ4n) is 4.12. The molecule has 0 radical (unpaired) electrons. The monoisotopic (exact) mass is 483 g/mol. The highest BCUT2D eigenvalue weighted by Crippen LogP contribution is 2.34. The molecule has 2 amide bonds. The number of aromatic nitrogens is 2. The molecule has 1 atom stereocenters. The molecule has 1 aliphatic carbocycles. The highest BCUT2D eigenvalue weighted by atomic mass is 35.5. The Labute approximate surface area is 194 Å². The number of aliphatic hydroxyl groups is 1. The van der Waals surface area contributed by atoms with Gasteiger partial charge in [-0.25, -0.2) is 27.9 Å².